The third-order valence-corrected chi connectivity index (χ3v) is 4.56. The van der Waals surface area contributed by atoms with Gasteiger partial charge in [-0.2, -0.15) is 0 Å². The third-order valence-electron chi connectivity index (χ3n) is 4.56. The van der Waals surface area contributed by atoms with Crippen LogP contribution in [-0.2, 0) is 16.9 Å². The first-order valence-corrected chi connectivity index (χ1v) is 7.82. The molecule has 0 radical (unpaired) electrons. The van der Waals surface area contributed by atoms with Crippen molar-refractivity contribution in [1.82, 2.24) is 10.2 Å². The van der Waals surface area contributed by atoms with Crippen LogP contribution in [0.4, 0.5) is 4.79 Å². The van der Waals surface area contributed by atoms with Crippen molar-refractivity contribution in [2.24, 2.45) is 0 Å². The van der Waals surface area contributed by atoms with E-state index in [1.165, 1.54) is 4.90 Å². The number of benzene rings is 2. The summed E-state index contributed by atoms with van der Waals surface area (Å²) in [6.07, 6.45) is 0.520. The van der Waals surface area contributed by atoms with Gasteiger partial charge in [-0.1, -0.05) is 61.5 Å². The van der Waals surface area contributed by atoms with E-state index in [2.05, 4.69) is 5.32 Å². The molecule has 2 aromatic rings. The molecule has 1 fully saturated rings. The Morgan fingerprint density at radius 3 is 2.30 bits per heavy atom. The summed E-state index contributed by atoms with van der Waals surface area (Å²) in [6.45, 7) is 4.20. The van der Waals surface area contributed by atoms with Crippen LogP contribution in [0.15, 0.2) is 54.6 Å². The molecule has 1 saturated heterocycles. The zero-order chi connectivity index (χ0) is 16.4. The Kier molecular flexibility index (Phi) is 3.90. The van der Waals surface area contributed by atoms with Gasteiger partial charge in [0.05, 0.1) is 6.54 Å². The lowest BCUT2D eigenvalue weighted by molar-refractivity contribution is -0.132. The summed E-state index contributed by atoms with van der Waals surface area (Å²) in [6, 6.07) is 16.9. The maximum absolute atomic E-state index is 13.0. The van der Waals surface area contributed by atoms with Crippen LogP contribution >= 0.6 is 0 Å². The number of hydrogen-bond donors (Lipinski definition) is 1. The van der Waals surface area contributed by atoms with Crippen LogP contribution in [0.3, 0.4) is 0 Å². The number of nitrogens with one attached hydrogen (secondary N) is 1. The number of carbonyl (C=O) groups is 2. The van der Waals surface area contributed by atoms with Crippen LogP contribution in [0.5, 0.6) is 0 Å². The normalized spacial score (nSPS) is 20.7. The molecule has 1 N–H and O–H groups in total. The molecule has 2 aromatic carbocycles. The summed E-state index contributed by atoms with van der Waals surface area (Å²) in [4.78, 5) is 26.8. The van der Waals surface area contributed by atoms with Gasteiger partial charge in [0.25, 0.3) is 5.91 Å². The molecule has 1 atom stereocenters. The average Bonchev–Trinajstić information content (AvgIpc) is 2.82. The second kappa shape index (κ2) is 5.88. The van der Waals surface area contributed by atoms with Gasteiger partial charge in [0.15, 0.2) is 0 Å². The Hall–Kier alpha value is -2.62. The highest BCUT2D eigenvalue weighted by atomic mass is 16.2. The predicted octanol–water partition coefficient (Wildman–Crippen LogP) is 3.35. The van der Waals surface area contributed by atoms with E-state index >= 15 is 0 Å². The van der Waals surface area contributed by atoms with E-state index in [9.17, 15) is 9.59 Å². The van der Waals surface area contributed by atoms with E-state index in [1.807, 2.05) is 68.4 Å². The smallest absolute Gasteiger partial charge is 0.319 e. The first kappa shape index (κ1) is 15.3. The quantitative estimate of drug-likeness (QED) is 0.881. The third kappa shape index (κ3) is 2.50. The number of hydrogen-bond acceptors (Lipinski definition) is 2. The van der Waals surface area contributed by atoms with Crippen molar-refractivity contribution in [3.05, 3.63) is 71.3 Å². The van der Waals surface area contributed by atoms with Crippen molar-refractivity contribution in [3.8, 4) is 0 Å². The first-order chi connectivity index (χ1) is 11.1. The van der Waals surface area contributed by atoms with Crippen molar-refractivity contribution in [1.29, 1.82) is 0 Å². The number of urea groups is 1. The topological polar surface area (TPSA) is 49.4 Å². The largest absolute Gasteiger partial charge is 0.325 e. The van der Waals surface area contributed by atoms with Gasteiger partial charge in [-0.05, 0) is 30.0 Å². The van der Waals surface area contributed by atoms with Gasteiger partial charge in [0.1, 0.15) is 5.54 Å². The predicted molar refractivity (Wildman–Crippen MR) is 88.7 cm³/mol. The lowest BCUT2D eigenvalue weighted by Gasteiger charge is -2.25. The molecule has 0 saturated carbocycles. The van der Waals surface area contributed by atoms with Crippen molar-refractivity contribution in [3.63, 3.8) is 0 Å². The summed E-state index contributed by atoms with van der Waals surface area (Å²) in [5, 5.41) is 2.91. The number of amides is 3. The summed E-state index contributed by atoms with van der Waals surface area (Å²) >= 11 is 0. The number of nitrogens with zero attached hydrogens (tertiary/aromatic N) is 1. The minimum absolute atomic E-state index is 0.181. The van der Waals surface area contributed by atoms with Crippen LogP contribution in [-0.4, -0.2) is 16.8 Å². The van der Waals surface area contributed by atoms with Crippen LogP contribution in [0.25, 0.3) is 0 Å². The molecule has 118 valence electrons. The molecule has 4 heteroatoms. The summed E-state index contributed by atoms with van der Waals surface area (Å²) in [5.74, 6) is -0.181. The highest BCUT2D eigenvalue weighted by molar-refractivity contribution is 6.07. The molecule has 1 heterocycles. The first-order valence-electron chi connectivity index (χ1n) is 7.82. The van der Waals surface area contributed by atoms with Gasteiger partial charge >= 0.3 is 6.03 Å². The summed E-state index contributed by atoms with van der Waals surface area (Å²) in [7, 11) is 0. The van der Waals surface area contributed by atoms with Crippen molar-refractivity contribution in [2.75, 3.05) is 0 Å². The van der Waals surface area contributed by atoms with E-state index in [0.29, 0.717) is 13.0 Å². The molecule has 3 rings (SSSR count). The van der Waals surface area contributed by atoms with Crippen molar-refractivity contribution >= 4 is 11.9 Å². The number of imide groups is 1. The van der Waals surface area contributed by atoms with Crippen LogP contribution in [0.1, 0.15) is 30.0 Å². The molecule has 0 aliphatic carbocycles. The fourth-order valence-electron chi connectivity index (χ4n) is 3.09. The molecular weight excluding hydrogens is 288 g/mol. The second-order valence-corrected chi connectivity index (χ2v) is 5.87. The molecule has 1 aliphatic heterocycles. The molecule has 4 nitrogen and oxygen atoms in total. The Balaban J connectivity index is 1.95. The highest BCUT2D eigenvalue weighted by Gasteiger charge is 2.51. The Bertz CT molecular complexity index is 742. The average molecular weight is 308 g/mol. The lowest BCUT2D eigenvalue weighted by atomic mass is 9.87. The number of aryl methyl sites for hydroxylation is 1. The minimum Gasteiger partial charge on any atom is -0.319 e. The standard InChI is InChI=1S/C19H20N2O2/c1-3-19(16-11-5-4-6-12-16)17(22)21(18(23)20-19)13-15-10-8-7-9-14(15)2/h4-12H,3,13H2,1-2H3,(H,20,23). The van der Waals surface area contributed by atoms with Crippen molar-refractivity contribution < 1.29 is 9.59 Å². The lowest BCUT2D eigenvalue weighted by Crippen LogP contribution is -2.43. The molecular formula is C19H20N2O2. The second-order valence-electron chi connectivity index (χ2n) is 5.87. The minimum atomic E-state index is -0.957. The van der Waals surface area contributed by atoms with E-state index < -0.39 is 5.54 Å². The van der Waals surface area contributed by atoms with Gasteiger partial charge in [0, 0.05) is 0 Å². The Labute approximate surface area is 136 Å². The van der Waals surface area contributed by atoms with Gasteiger partial charge in [0.2, 0.25) is 0 Å². The van der Waals surface area contributed by atoms with E-state index in [-0.39, 0.29) is 11.9 Å². The SMILES string of the molecule is CCC1(c2ccccc2)NC(=O)N(Cc2ccccc2C)C1=O. The fourth-order valence-corrected chi connectivity index (χ4v) is 3.09. The highest BCUT2D eigenvalue weighted by Crippen LogP contribution is 2.33. The summed E-state index contributed by atoms with van der Waals surface area (Å²) < 4.78 is 0. The summed E-state index contributed by atoms with van der Waals surface area (Å²) in [5.41, 5.74) is 1.92. The Morgan fingerprint density at radius 2 is 1.65 bits per heavy atom. The van der Waals surface area contributed by atoms with E-state index in [1.54, 1.807) is 0 Å². The molecule has 1 aliphatic rings. The van der Waals surface area contributed by atoms with Gasteiger partial charge in [-0.15, -0.1) is 0 Å². The maximum Gasteiger partial charge on any atom is 0.325 e. The molecule has 0 bridgehead atoms. The van der Waals surface area contributed by atoms with Crippen LogP contribution in [0, 0.1) is 6.92 Å². The molecule has 0 aromatic heterocycles. The number of carbonyl (C=O) groups excluding carboxylic acids is 2. The van der Waals surface area contributed by atoms with E-state index in [4.69, 9.17) is 0 Å². The van der Waals surface area contributed by atoms with Crippen molar-refractivity contribution in [2.45, 2.75) is 32.4 Å². The monoisotopic (exact) mass is 308 g/mol. The van der Waals surface area contributed by atoms with Gasteiger partial charge < -0.3 is 5.32 Å². The van der Waals surface area contributed by atoms with E-state index in [0.717, 1.165) is 16.7 Å². The molecule has 1 unspecified atom stereocenters. The molecule has 0 spiro atoms. The van der Waals surface area contributed by atoms with Crippen LogP contribution in [0.2, 0.25) is 0 Å². The maximum atomic E-state index is 13.0. The van der Waals surface area contributed by atoms with Gasteiger partial charge in [-0.3, -0.25) is 9.69 Å². The zero-order valence-corrected chi connectivity index (χ0v) is 13.4. The molecule has 23 heavy (non-hydrogen) atoms. The fraction of sp³-hybridized carbons (Fsp3) is 0.263. The van der Waals surface area contributed by atoms with Crippen LogP contribution < -0.4 is 5.32 Å². The molecule has 3 amide bonds. The number of rotatable bonds is 4. The Morgan fingerprint density at radius 1 is 1.00 bits per heavy atom. The van der Waals surface area contributed by atoms with Gasteiger partial charge in [-0.25, -0.2) is 4.79 Å². The zero-order valence-electron chi connectivity index (χ0n) is 13.4.